The standard InChI is InChI=1S/C26H24N2O3S/c1-17-6-8-18(9-7-17)12-13-27-25(29)20-10-11-23-22(16-20)28-26(30)24(32-23)15-19-4-3-5-21(14-19)31-2/h3-11,14-16H,12-13H2,1-2H3,(H,27,29)(H,28,30)/b24-15+. The Morgan fingerprint density at radius 2 is 1.91 bits per heavy atom. The molecule has 4 rings (SSSR count). The van der Waals surface area contributed by atoms with E-state index >= 15 is 0 Å². The minimum absolute atomic E-state index is 0.156. The van der Waals surface area contributed by atoms with E-state index in [-0.39, 0.29) is 11.8 Å². The normalized spacial score (nSPS) is 13.9. The van der Waals surface area contributed by atoms with Gasteiger partial charge >= 0.3 is 0 Å². The van der Waals surface area contributed by atoms with Crippen molar-refractivity contribution in [3.05, 3.63) is 93.9 Å². The molecule has 162 valence electrons. The highest BCUT2D eigenvalue weighted by atomic mass is 32.2. The molecule has 0 radical (unpaired) electrons. The largest absolute Gasteiger partial charge is 0.497 e. The lowest BCUT2D eigenvalue weighted by atomic mass is 10.1. The van der Waals surface area contributed by atoms with Gasteiger partial charge in [-0.3, -0.25) is 9.59 Å². The van der Waals surface area contributed by atoms with Gasteiger partial charge in [0.15, 0.2) is 0 Å². The molecule has 0 saturated carbocycles. The van der Waals surface area contributed by atoms with Crippen molar-refractivity contribution >= 4 is 35.3 Å². The van der Waals surface area contributed by atoms with Crippen molar-refractivity contribution in [2.75, 3.05) is 19.0 Å². The topological polar surface area (TPSA) is 67.4 Å². The number of carbonyl (C=O) groups is 2. The number of amides is 2. The quantitative estimate of drug-likeness (QED) is 0.522. The molecule has 0 fully saturated rings. The van der Waals surface area contributed by atoms with Crippen LogP contribution in [0, 0.1) is 6.92 Å². The van der Waals surface area contributed by atoms with Crippen LogP contribution in [-0.2, 0) is 11.2 Å². The minimum Gasteiger partial charge on any atom is -0.497 e. The van der Waals surface area contributed by atoms with Gasteiger partial charge in [-0.05, 0) is 60.9 Å². The second-order valence-corrected chi connectivity index (χ2v) is 8.63. The highest BCUT2D eigenvalue weighted by Crippen LogP contribution is 2.39. The molecule has 0 aliphatic carbocycles. The first-order valence-corrected chi connectivity index (χ1v) is 11.2. The number of carbonyl (C=O) groups excluding carboxylic acids is 2. The zero-order valence-corrected chi connectivity index (χ0v) is 18.8. The van der Waals surface area contributed by atoms with Crippen LogP contribution in [0.5, 0.6) is 5.75 Å². The smallest absolute Gasteiger partial charge is 0.262 e. The summed E-state index contributed by atoms with van der Waals surface area (Å²) >= 11 is 1.39. The van der Waals surface area contributed by atoms with Crippen molar-refractivity contribution < 1.29 is 14.3 Å². The second kappa shape index (κ2) is 9.75. The van der Waals surface area contributed by atoms with Gasteiger partial charge in [0, 0.05) is 17.0 Å². The summed E-state index contributed by atoms with van der Waals surface area (Å²) in [7, 11) is 1.61. The molecule has 0 bridgehead atoms. The fourth-order valence-corrected chi connectivity index (χ4v) is 4.29. The Morgan fingerprint density at radius 1 is 1.09 bits per heavy atom. The van der Waals surface area contributed by atoms with Crippen molar-refractivity contribution in [2.45, 2.75) is 18.2 Å². The van der Waals surface area contributed by atoms with E-state index in [9.17, 15) is 9.59 Å². The molecular formula is C26H24N2O3S. The maximum absolute atomic E-state index is 12.6. The van der Waals surface area contributed by atoms with E-state index in [1.54, 1.807) is 19.2 Å². The summed E-state index contributed by atoms with van der Waals surface area (Å²) in [6.45, 7) is 2.60. The van der Waals surface area contributed by atoms with Crippen LogP contribution in [-0.4, -0.2) is 25.5 Å². The predicted molar refractivity (Wildman–Crippen MR) is 129 cm³/mol. The number of ether oxygens (including phenoxy) is 1. The Balaban J connectivity index is 1.42. The third-order valence-corrected chi connectivity index (χ3v) is 6.24. The van der Waals surface area contributed by atoms with Crippen molar-refractivity contribution in [3.8, 4) is 5.75 Å². The van der Waals surface area contributed by atoms with Crippen LogP contribution in [0.25, 0.3) is 6.08 Å². The molecule has 0 saturated heterocycles. The molecule has 6 heteroatoms. The van der Waals surface area contributed by atoms with E-state index in [2.05, 4.69) is 41.8 Å². The van der Waals surface area contributed by atoms with E-state index < -0.39 is 0 Å². The Kier molecular flexibility index (Phi) is 6.61. The van der Waals surface area contributed by atoms with E-state index in [4.69, 9.17) is 4.74 Å². The molecule has 0 spiro atoms. The highest BCUT2D eigenvalue weighted by Gasteiger charge is 2.22. The molecule has 3 aromatic rings. The number of nitrogens with one attached hydrogen (secondary N) is 2. The summed E-state index contributed by atoms with van der Waals surface area (Å²) in [5.41, 5.74) is 4.45. The van der Waals surface area contributed by atoms with E-state index in [1.807, 2.05) is 36.4 Å². The summed E-state index contributed by atoms with van der Waals surface area (Å²) in [4.78, 5) is 26.7. The van der Waals surface area contributed by atoms with Crippen LogP contribution < -0.4 is 15.4 Å². The van der Waals surface area contributed by atoms with Gasteiger partial charge in [-0.15, -0.1) is 0 Å². The number of thioether (sulfide) groups is 1. The van der Waals surface area contributed by atoms with Gasteiger partial charge < -0.3 is 15.4 Å². The Morgan fingerprint density at radius 3 is 2.69 bits per heavy atom. The average molecular weight is 445 g/mol. The van der Waals surface area contributed by atoms with E-state index in [0.717, 1.165) is 22.6 Å². The molecule has 2 amide bonds. The number of fused-ring (bicyclic) bond motifs is 1. The average Bonchev–Trinajstić information content (AvgIpc) is 2.80. The van der Waals surface area contributed by atoms with Crippen LogP contribution in [0.4, 0.5) is 5.69 Å². The van der Waals surface area contributed by atoms with Crippen LogP contribution in [0.3, 0.4) is 0 Å². The van der Waals surface area contributed by atoms with Crippen molar-refractivity contribution in [3.63, 3.8) is 0 Å². The zero-order chi connectivity index (χ0) is 22.5. The third-order valence-electron chi connectivity index (χ3n) is 5.15. The van der Waals surface area contributed by atoms with E-state index in [1.165, 1.54) is 22.9 Å². The second-order valence-electron chi connectivity index (χ2n) is 7.54. The van der Waals surface area contributed by atoms with Gasteiger partial charge in [-0.25, -0.2) is 0 Å². The maximum Gasteiger partial charge on any atom is 0.262 e. The highest BCUT2D eigenvalue weighted by molar-refractivity contribution is 8.04. The first-order chi connectivity index (χ1) is 15.5. The lowest BCUT2D eigenvalue weighted by Gasteiger charge is -2.19. The molecule has 32 heavy (non-hydrogen) atoms. The number of hydrogen-bond acceptors (Lipinski definition) is 4. The van der Waals surface area contributed by atoms with Crippen LogP contribution >= 0.6 is 11.8 Å². The number of anilines is 1. The monoisotopic (exact) mass is 444 g/mol. The molecule has 5 nitrogen and oxygen atoms in total. The fourth-order valence-electron chi connectivity index (χ4n) is 3.36. The molecule has 2 N–H and O–H groups in total. The lowest BCUT2D eigenvalue weighted by molar-refractivity contribution is -0.112. The number of hydrogen-bond donors (Lipinski definition) is 2. The first-order valence-electron chi connectivity index (χ1n) is 10.3. The van der Waals surface area contributed by atoms with Gasteiger partial charge in [-0.2, -0.15) is 0 Å². The zero-order valence-electron chi connectivity index (χ0n) is 18.0. The van der Waals surface area contributed by atoms with Gasteiger partial charge in [0.25, 0.3) is 11.8 Å². The molecule has 1 aliphatic rings. The molecule has 1 aliphatic heterocycles. The number of methoxy groups -OCH3 is 1. The van der Waals surface area contributed by atoms with Crippen molar-refractivity contribution in [1.82, 2.24) is 5.32 Å². The summed E-state index contributed by atoms with van der Waals surface area (Å²) in [6, 6.07) is 21.2. The lowest BCUT2D eigenvalue weighted by Crippen LogP contribution is -2.26. The first kappa shape index (κ1) is 21.7. The Hall–Kier alpha value is -3.51. The minimum atomic E-state index is -0.192. The van der Waals surface area contributed by atoms with Gasteiger partial charge in [0.2, 0.25) is 0 Å². The molecule has 0 unspecified atom stereocenters. The molecule has 0 aromatic heterocycles. The third kappa shape index (κ3) is 5.21. The van der Waals surface area contributed by atoms with Gasteiger partial charge in [0.1, 0.15) is 5.75 Å². The number of aryl methyl sites for hydroxylation is 1. The van der Waals surface area contributed by atoms with Crippen LogP contribution in [0.1, 0.15) is 27.0 Å². The fraction of sp³-hybridized carbons (Fsp3) is 0.154. The SMILES string of the molecule is COc1cccc(/C=C2/Sc3ccc(C(=O)NCCc4ccc(C)cc4)cc3NC2=O)c1. The van der Waals surface area contributed by atoms with Gasteiger partial charge in [-0.1, -0.05) is 53.7 Å². The molecule has 0 atom stereocenters. The Bertz CT molecular complexity index is 1190. The summed E-state index contributed by atoms with van der Waals surface area (Å²) < 4.78 is 5.25. The summed E-state index contributed by atoms with van der Waals surface area (Å²) in [6.07, 6.45) is 2.60. The maximum atomic E-state index is 12.6. The van der Waals surface area contributed by atoms with Crippen LogP contribution in [0.2, 0.25) is 0 Å². The van der Waals surface area contributed by atoms with Crippen molar-refractivity contribution in [1.29, 1.82) is 0 Å². The molecule has 3 aromatic carbocycles. The number of rotatable bonds is 6. The van der Waals surface area contributed by atoms with Gasteiger partial charge in [0.05, 0.1) is 17.7 Å². The van der Waals surface area contributed by atoms with Crippen LogP contribution in [0.15, 0.2) is 76.5 Å². The van der Waals surface area contributed by atoms with E-state index in [0.29, 0.717) is 22.7 Å². The summed E-state index contributed by atoms with van der Waals surface area (Å²) in [5.74, 6) is 0.387. The van der Waals surface area contributed by atoms with Crippen molar-refractivity contribution in [2.24, 2.45) is 0 Å². The Labute approximate surface area is 191 Å². The molecular weight excluding hydrogens is 420 g/mol. The summed E-state index contributed by atoms with van der Waals surface area (Å²) in [5, 5.41) is 5.85. The predicted octanol–water partition coefficient (Wildman–Crippen LogP) is 5.06. The molecule has 1 heterocycles. The number of benzene rings is 3.